The summed E-state index contributed by atoms with van der Waals surface area (Å²) >= 11 is 0. The molecule has 17 heteroatoms. The van der Waals surface area contributed by atoms with E-state index in [0.717, 1.165) is 16.3 Å². The standard InChI is InChI=1S/C36H47N11O6/c37-35(38)41-15-3-7-26-31(50)43-20-30(49)44-28(19-22-9-12-23-5-1-2-6-24(23)17-22)33(52)47-29(18-21-10-13-25(48)14-11-21)34(53)46-27(32(51)45-26)8-4-16-42-36(39)40/h1-2,5-6,9-14,17,26-29,48H,3-4,7-8,15-16,18-20H2,(H,43,50)(H,44,49)(H,45,51)(H,46,53)(H,47,52)(H4,37,38,41)(H4,39,40,42)/t26-,27+,28-,29-/m0/s1. The molecule has 0 radical (unpaired) electrons. The lowest BCUT2D eigenvalue weighted by Crippen LogP contribution is -2.58. The average molecular weight is 730 g/mol. The minimum atomic E-state index is -1.23. The molecule has 0 saturated carbocycles. The van der Waals surface area contributed by atoms with Crippen LogP contribution in [0.15, 0.2) is 76.7 Å². The Bertz CT molecular complexity index is 1820. The van der Waals surface area contributed by atoms with E-state index in [-0.39, 0.29) is 62.9 Å². The van der Waals surface area contributed by atoms with Gasteiger partial charge in [0.15, 0.2) is 11.9 Å². The Kier molecular flexibility index (Phi) is 14.3. The molecule has 0 aromatic heterocycles. The fraction of sp³-hybridized carbons (Fsp3) is 0.361. The summed E-state index contributed by atoms with van der Waals surface area (Å²) in [6.07, 6.45) is 0.777. The molecule has 3 aromatic rings. The topological polar surface area (TPSA) is 295 Å². The predicted molar refractivity (Wildman–Crippen MR) is 200 cm³/mol. The van der Waals surface area contributed by atoms with E-state index in [1.807, 2.05) is 42.5 Å². The Morgan fingerprint density at radius 2 is 1.09 bits per heavy atom. The van der Waals surface area contributed by atoms with Gasteiger partial charge in [-0.1, -0.05) is 54.6 Å². The molecule has 4 atom stereocenters. The van der Waals surface area contributed by atoms with Crippen molar-refractivity contribution >= 4 is 52.2 Å². The Morgan fingerprint density at radius 1 is 0.604 bits per heavy atom. The number of phenolic OH excluding ortho intramolecular Hbond substituents is 1. The summed E-state index contributed by atoms with van der Waals surface area (Å²) in [7, 11) is 0. The summed E-state index contributed by atoms with van der Waals surface area (Å²) in [5, 5.41) is 25.2. The Morgan fingerprint density at radius 3 is 1.70 bits per heavy atom. The van der Waals surface area contributed by atoms with Crippen molar-refractivity contribution in [1.29, 1.82) is 0 Å². The zero-order valence-electron chi connectivity index (χ0n) is 29.2. The minimum Gasteiger partial charge on any atom is -0.508 e. The number of carbonyl (C=O) groups is 5. The SMILES string of the molecule is NC(N)=NCCC[C@@H]1NC(=O)[C@@H](CCCN=C(N)N)NC(=O)[C@H](Cc2ccc(O)cc2)NC(=O)[C@H](Cc2ccc3ccccc3c2)NC(=O)CNC1=O. The number of aliphatic imine (C=N–C) groups is 2. The maximum atomic E-state index is 14.0. The lowest BCUT2D eigenvalue weighted by atomic mass is 9.99. The molecule has 0 aliphatic carbocycles. The molecular formula is C36H47N11O6. The molecule has 17 nitrogen and oxygen atoms in total. The molecule has 53 heavy (non-hydrogen) atoms. The highest BCUT2D eigenvalue weighted by atomic mass is 16.3. The lowest BCUT2D eigenvalue weighted by Gasteiger charge is -2.26. The first kappa shape index (κ1) is 39.4. The second-order valence-electron chi connectivity index (χ2n) is 12.7. The van der Waals surface area contributed by atoms with Crippen LogP contribution in [-0.2, 0) is 36.8 Å². The molecule has 282 valence electrons. The van der Waals surface area contributed by atoms with Gasteiger partial charge in [0.1, 0.15) is 29.9 Å². The third-order valence-electron chi connectivity index (χ3n) is 8.49. The van der Waals surface area contributed by atoms with Crippen molar-refractivity contribution in [2.45, 2.75) is 62.7 Å². The molecule has 1 aliphatic heterocycles. The molecule has 1 heterocycles. The number of hydrogen-bond donors (Lipinski definition) is 10. The number of rotatable bonds is 12. The molecular weight excluding hydrogens is 682 g/mol. The molecule has 0 bridgehead atoms. The van der Waals surface area contributed by atoms with E-state index in [9.17, 15) is 29.1 Å². The summed E-state index contributed by atoms with van der Waals surface area (Å²) in [6.45, 7) is -0.177. The highest BCUT2D eigenvalue weighted by molar-refractivity contribution is 5.97. The number of guanidine groups is 2. The largest absolute Gasteiger partial charge is 0.508 e. The molecule has 0 unspecified atom stereocenters. The van der Waals surface area contributed by atoms with Gasteiger partial charge in [-0.2, -0.15) is 0 Å². The Hall–Kier alpha value is -6.39. The number of carbonyl (C=O) groups excluding carboxylic acids is 5. The van der Waals surface area contributed by atoms with E-state index in [1.54, 1.807) is 12.1 Å². The maximum absolute atomic E-state index is 14.0. The maximum Gasteiger partial charge on any atom is 0.243 e. The summed E-state index contributed by atoms with van der Waals surface area (Å²) in [5.41, 5.74) is 23.1. The van der Waals surface area contributed by atoms with Crippen LogP contribution in [0, 0.1) is 0 Å². The number of aromatic hydroxyl groups is 1. The van der Waals surface area contributed by atoms with E-state index in [0.29, 0.717) is 12.0 Å². The molecule has 14 N–H and O–H groups in total. The summed E-state index contributed by atoms with van der Waals surface area (Å²) in [6, 6.07) is 14.7. The summed E-state index contributed by atoms with van der Waals surface area (Å²) in [5.74, 6) is -3.66. The first-order valence-corrected chi connectivity index (χ1v) is 17.2. The van der Waals surface area contributed by atoms with E-state index in [4.69, 9.17) is 22.9 Å². The fourth-order valence-electron chi connectivity index (χ4n) is 5.79. The first-order chi connectivity index (χ1) is 25.4. The van der Waals surface area contributed by atoms with Gasteiger partial charge in [0.05, 0.1) is 6.54 Å². The third-order valence-corrected chi connectivity index (χ3v) is 8.49. The molecule has 5 amide bonds. The molecule has 3 aromatic carbocycles. The van der Waals surface area contributed by atoms with Gasteiger partial charge in [-0.3, -0.25) is 34.0 Å². The normalized spacial score (nSPS) is 20.0. The van der Waals surface area contributed by atoms with Crippen LogP contribution in [0.3, 0.4) is 0 Å². The smallest absolute Gasteiger partial charge is 0.243 e. The number of fused-ring (bicyclic) bond motifs is 1. The van der Waals surface area contributed by atoms with Gasteiger partial charge in [-0.05, 0) is 59.7 Å². The van der Waals surface area contributed by atoms with Gasteiger partial charge in [0, 0.05) is 25.9 Å². The number of benzene rings is 3. The van der Waals surface area contributed by atoms with Gasteiger partial charge in [-0.25, -0.2) is 0 Å². The van der Waals surface area contributed by atoms with Gasteiger partial charge in [0.25, 0.3) is 0 Å². The van der Waals surface area contributed by atoms with Gasteiger partial charge >= 0.3 is 0 Å². The number of nitrogens with one attached hydrogen (secondary N) is 5. The van der Waals surface area contributed by atoms with Crippen molar-refractivity contribution in [2.75, 3.05) is 19.6 Å². The number of nitrogens with zero attached hydrogens (tertiary/aromatic N) is 2. The second kappa shape index (κ2) is 19.3. The summed E-state index contributed by atoms with van der Waals surface area (Å²) < 4.78 is 0. The van der Waals surface area contributed by atoms with Crippen LogP contribution in [0.1, 0.15) is 36.8 Å². The summed E-state index contributed by atoms with van der Waals surface area (Å²) in [4.78, 5) is 76.3. The number of phenols is 1. The zero-order chi connectivity index (χ0) is 38.3. The lowest BCUT2D eigenvalue weighted by molar-refractivity contribution is -0.134. The highest BCUT2D eigenvalue weighted by Crippen LogP contribution is 2.18. The molecule has 1 aliphatic rings. The van der Waals surface area contributed by atoms with Crippen LogP contribution in [0.4, 0.5) is 0 Å². The Labute approximate surface area is 306 Å². The zero-order valence-corrected chi connectivity index (χ0v) is 29.2. The molecule has 0 spiro atoms. The Balaban J connectivity index is 1.69. The average Bonchev–Trinajstić information content (AvgIpc) is 3.12. The van der Waals surface area contributed by atoms with Crippen LogP contribution in [0.2, 0.25) is 0 Å². The third kappa shape index (κ3) is 12.7. The van der Waals surface area contributed by atoms with Crippen LogP contribution in [-0.4, -0.2) is 90.4 Å². The van der Waals surface area contributed by atoms with Crippen LogP contribution in [0.5, 0.6) is 5.75 Å². The molecule has 1 fully saturated rings. The van der Waals surface area contributed by atoms with Gasteiger partial charge in [-0.15, -0.1) is 0 Å². The van der Waals surface area contributed by atoms with Crippen LogP contribution in [0.25, 0.3) is 10.8 Å². The highest BCUT2D eigenvalue weighted by Gasteiger charge is 2.32. The van der Waals surface area contributed by atoms with Crippen molar-refractivity contribution in [3.05, 3.63) is 77.9 Å². The van der Waals surface area contributed by atoms with Crippen LogP contribution >= 0.6 is 0 Å². The molecule has 1 saturated heterocycles. The van der Waals surface area contributed by atoms with Crippen molar-refractivity contribution in [3.63, 3.8) is 0 Å². The number of amides is 5. The minimum absolute atomic E-state index is 0.0102. The first-order valence-electron chi connectivity index (χ1n) is 17.2. The van der Waals surface area contributed by atoms with Crippen molar-refractivity contribution < 1.29 is 29.1 Å². The van der Waals surface area contributed by atoms with E-state index >= 15 is 0 Å². The second-order valence-corrected chi connectivity index (χ2v) is 12.7. The van der Waals surface area contributed by atoms with Gasteiger partial charge in [0.2, 0.25) is 29.5 Å². The number of nitrogens with two attached hydrogens (primary N) is 4. The van der Waals surface area contributed by atoms with Crippen LogP contribution < -0.4 is 49.5 Å². The number of hydrogen-bond acceptors (Lipinski definition) is 8. The van der Waals surface area contributed by atoms with E-state index < -0.39 is 60.2 Å². The van der Waals surface area contributed by atoms with Crippen molar-refractivity contribution in [1.82, 2.24) is 26.6 Å². The predicted octanol–water partition coefficient (Wildman–Crippen LogP) is -1.49. The van der Waals surface area contributed by atoms with Gasteiger partial charge < -0.3 is 54.6 Å². The van der Waals surface area contributed by atoms with Crippen molar-refractivity contribution in [2.24, 2.45) is 32.9 Å². The monoisotopic (exact) mass is 729 g/mol. The molecule has 4 rings (SSSR count). The quantitative estimate of drug-likeness (QED) is 0.0585. The van der Waals surface area contributed by atoms with Crippen molar-refractivity contribution in [3.8, 4) is 5.75 Å². The van der Waals surface area contributed by atoms with E-state index in [1.165, 1.54) is 12.1 Å². The van der Waals surface area contributed by atoms with E-state index in [2.05, 4.69) is 36.6 Å². The fourth-order valence-corrected chi connectivity index (χ4v) is 5.79.